The van der Waals surface area contributed by atoms with Crippen LogP contribution < -0.4 is 11.1 Å². The van der Waals surface area contributed by atoms with Crippen LogP contribution >= 0.6 is 0 Å². The van der Waals surface area contributed by atoms with Gasteiger partial charge < -0.3 is 11.1 Å². The summed E-state index contributed by atoms with van der Waals surface area (Å²) in [5.41, 5.74) is 9.43. The highest BCUT2D eigenvalue weighted by atomic mass is 14.9. The third-order valence-corrected chi connectivity index (χ3v) is 3.10. The van der Waals surface area contributed by atoms with E-state index in [1.807, 2.05) is 12.1 Å². The molecule has 3 N–H and O–H groups in total. The fourth-order valence-electron chi connectivity index (χ4n) is 2.17. The van der Waals surface area contributed by atoms with Crippen LogP contribution in [0.4, 0.5) is 5.69 Å². The van der Waals surface area contributed by atoms with Gasteiger partial charge in [-0.1, -0.05) is 18.6 Å². The lowest BCUT2D eigenvalue weighted by Crippen LogP contribution is -2.27. The molecule has 2 rings (SSSR count). The lowest BCUT2D eigenvalue weighted by molar-refractivity contribution is 0.411. The van der Waals surface area contributed by atoms with Crippen LogP contribution in [0.15, 0.2) is 18.2 Å². The molecule has 1 atom stereocenters. The van der Waals surface area contributed by atoms with Crippen molar-refractivity contribution >= 4 is 5.69 Å². The predicted molar refractivity (Wildman–Crippen MR) is 60.2 cm³/mol. The van der Waals surface area contributed by atoms with E-state index in [-0.39, 0.29) is 0 Å². The van der Waals surface area contributed by atoms with E-state index in [4.69, 9.17) is 5.73 Å². The van der Waals surface area contributed by atoms with Gasteiger partial charge >= 0.3 is 0 Å². The Kier molecular flexibility index (Phi) is 2.73. The lowest BCUT2D eigenvalue weighted by atomic mass is 9.93. The molecule has 76 valence electrons. The molecule has 1 aliphatic rings. The molecule has 2 nitrogen and oxygen atoms in total. The van der Waals surface area contributed by atoms with E-state index in [1.54, 1.807) is 0 Å². The van der Waals surface area contributed by atoms with Crippen LogP contribution in [0.25, 0.3) is 0 Å². The van der Waals surface area contributed by atoms with Crippen molar-refractivity contribution in [3.8, 4) is 0 Å². The fourth-order valence-corrected chi connectivity index (χ4v) is 2.17. The molecule has 1 fully saturated rings. The Balaban J connectivity index is 2.26. The zero-order chi connectivity index (χ0) is 9.97. The highest BCUT2D eigenvalue weighted by Crippen LogP contribution is 2.27. The first-order valence-electron chi connectivity index (χ1n) is 5.37. The van der Waals surface area contributed by atoms with Gasteiger partial charge in [0.1, 0.15) is 0 Å². The standard InChI is InChI=1S/C12H18N2/c1-9-10(5-4-6-11(9)13)12-7-2-3-8-14-12/h4-6,12,14H,2-3,7-8,13H2,1H3/t12-/m1/s1. The molecule has 1 saturated heterocycles. The molecule has 0 amide bonds. The van der Waals surface area contributed by atoms with Crippen molar-refractivity contribution in [2.24, 2.45) is 0 Å². The monoisotopic (exact) mass is 190 g/mol. The highest BCUT2D eigenvalue weighted by Gasteiger charge is 2.16. The zero-order valence-corrected chi connectivity index (χ0v) is 8.72. The molecule has 1 aromatic carbocycles. The van der Waals surface area contributed by atoms with Gasteiger partial charge in [-0.25, -0.2) is 0 Å². The van der Waals surface area contributed by atoms with Gasteiger partial charge in [0.05, 0.1) is 0 Å². The molecule has 0 bridgehead atoms. The van der Waals surface area contributed by atoms with E-state index in [1.165, 1.54) is 30.4 Å². The molecule has 2 heteroatoms. The normalized spacial score (nSPS) is 22.2. The van der Waals surface area contributed by atoms with E-state index < -0.39 is 0 Å². The van der Waals surface area contributed by atoms with Crippen molar-refractivity contribution in [1.82, 2.24) is 5.32 Å². The minimum absolute atomic E-state index is 0.521. The molecule has 1 aliphatic heterocycles. The second-order valence-electron chi connectivity index (χ2n) is 4.06. The fraction of sp³-hybridized carbons (Fsp3) is 0.500. The maximum Gasteiger partial charge on any atom is 0.0347 e. The third kappa shape index (κ3) is 1.75. The number of nitrogen functional groups attached to an aromatic ring is 1. The molecule has 14 heavy (non-hydrogen) atoms. The van der Waals surface area contributed by atoms with Gasteiger partial charge in [0.2, 0.25) is 0 Å². The van der Waals surface area contributed by atoms with Gasteiger partial charge in [-0.2, -0.15) is 0 Å². The predicted octanol–water partition coefficient (Wildman–Crippen LogP) is 2.39. The first-order chi connectivity index (χ1) is 6.79. The van der Waals surface area contributed by atoms with Gasteiger partial charge in [0, 0.05) is 11.7 Å². The summed E-state index contributed by atoms with van der Waals surface area (Å²) >= 11 is 0. The Bertz CT molecular complexity index is 314. The van der Waals surface area contributed by atoms with Crippen molar-refractivity contribution < 1.29 is 0 Å². The summed E-state index contributed by atoms with van der Waals surface area (Å²) in [4.78, 5) is 0. The van der Waals surface area contributed by atoms with Gasteiger partial charge in [-0.3, -0.25) is 0 Å². The van der Waals surface area contributed by atoms with Crippen LogP contribution in [-0.4, -0.2) is 6.54 Å². The summed E-state index contributed by atoms with van der Waals surface area (Å²) in [6, 6.07) is 6.73. The third-order valence-electron chi connectivity index (χ3n) is 3.10. The van der Waals surface area contributed by atoms with Crippen LogP contribution in [0.5, 0.6) is 0 Å². The van der Waals surface area contributed by atoms with E-state index in [0.29, 0.717) is 6.04 Å². The minimum Gasteiger partial charge on any atom is -0.399 e. The second-order valence-corrected chi connectivity index (χ2v) is 4.06. The summed E-state index contributed by atoms with van der Waals surface area (Å²) < 4.78 is 0. The van der Waals surface area contributed by atoms with Crippen molar-refractivity contribution in [2.45, 2.75) is 32.2 Å². The smallest absolute Gasteiger partial charge is 0.0347 e. The first kappa shape index (κ1) is 9.53. The maximum absolute atomic E-state index is 5.90. The summed E-state index contributed by atoms with van der Waals surface area (Å²) in [5.74, 6) is 0. The van der Waals surface area contributed by atoms with E-state index in [9.17, 15) is 0 Å². The number of hydrogen-bond acceptors (Lipinski definition) is 2. The molecular weight excluding hydrogens is 172 g/mol. The van der Waals surface area contributed by atoms with Crippen molar-refractivity contribution in [3.63, 3.8) is 0 Å². The molecule has 0 unspecified atom stereocenters. The molecule has 0 aliphatic carbocycles. The molecule has 0 spiro atoms. The number of nitrogens with one attached hydrogen (secondary N) is 1. The SMILES string of the molecule is Cc1c(N)cccc1[C@H]1CCCCN1. The average Bonchev–Trinajstić information content (AvgIpc) is 2.23. The van der Waals surface area contributed by atoms with Gasteiger partial charge in [0.25, 0.3) is 0 Å². The van der Waals surface area contributed by atoms with Crippen LogP contribution in [0, 0.1) is 6.92 Å². The van der Waals surface area contributed by atoms with Gasteiger partial charge in [-0.15, -0.1) is 0 Å². The number of piperidine rings is 1. The van der Waals surface area contributed by atoms with E-state index >= 15 is 0 Å². The minimum atomic E-state index is 0.521. The topological polar surface area (TPSA) is 38.0 Å². The largest absolute Gasteiger partial charge is 0.399 e. The van der Waals surface area contributed by atoms with Crippen LogP contribution in [0.3, 0.4) is 0 Å². The van der Waals surface area contributed by atoms with Gasteiger partial charge in [0.15, 0.2) is 0 Å². The molecular formula is C12H18N2. The number of anilines is 1. The maximum atomic E-state index is 5.90. The Hall–Kier alpha value is -1.02. The average molecular weight is 190 g/mol. The quantitative estimate of drug-likeness (QED) is 0.667. The Morgan fingerprint density at radius 2 is 2.21 bits per heavy atom. The molecule has 0 saturated carbocycles. The van der Waals surface area contributed by atoms with Crippen molar-refractivity contribution in [3.05, 3.63) is 29.3 Å². The Morgan fingerprint density at radius 3 is 2.93 bits per heavy atom. The van der Waals surface area contributed by atoms with E-state index in [0.717, 1.165) is 12.2 Å². The van der Waals surface area contributed by atoms with Crippen molar-refractivity contribution in [2.75, 3.05) is 12.3 Å². The van der Waals surface area contributed by atoms with Crippen LogP contribution in [0.2, 0.25) is 0 Å². The summed E-state index contributed by atoms with van der Waals surface area (Å²) in [7, 11) is 0. The number of rotatable bonds is 1. The Labute approximate surface area is 85.5 Å². The summed E-state index contributed by atoms with van der Waals surface area (Å²) in [6.45, 7) is 3.25. The lowest BCUT2D eigenvalue weighted by Gasteiger charge is -2.25. The number of nitrogens with two attached hydrogens (primary N) is 1. The second kappa shape index (κ2) is 4.01. The summed E-state index contributed by atoms with van der Waals surface area (Å²) in [5, 5.41) is 3.55. The number of hydrogen-bond donors (Lipinski definition) is 2. The molecule has 1 aromatic rings. The molecule has 0 radical (unpaired) electrons. The Morgan fingerprint density at radius 1 is 1.36 bits per heavy atom. The first-order valence-corrected chi connectivity index (χ1v) is 5.37. The van der Waals surface area contributed by atoms with E-state index in [2.05, 4.69) is 18.3 Å². The zero-order valence-electron chi connectivity index (χ0n) is 8.72. The molecule has 1 heterocycles. The van der Waals surface area contributed by atoms with Crippen LogP contribution in [0.1, 0.15) is 36.4 Å². The van der Waals surface area contributed by atoms with Crippen LogP contribution in [-0.2, 0) is 0 Å². The number of benzene rings is 1. The highest BCUT2D eigenvalue weighted by molar-refractivity contribution is 5.51. The van der Waals surface area contributed by atoms with Gasteiger partial charge in [-0.05, 0) is 43.5 Å². The molecule has 0 aromatic heterocycles. The summed E-state index contributed by atoms with van der Waals surface area (Å²) in [6.07, 6.45) is 3.87. The van der Waals surface area contributed by atoms with Crippen molar-refractivity contribution in [1.29, 1.82) is 0 Å².